The maximum Gasteiger partial charge on any atom is 0.390 e. The number of hydrogen-bond acceptors (Lipinski definition) is 1. The van der Waals surface area contributed by atoms with E-state index < -0.39 is 30.3 Å². The fraction of sp³-hybridized carbons (Fsp3) is 0.500. The van der Waals surface area contributed by atoms with Gasteiger partial charge in [-0.05, 0) is 19.0 Å². The van der Waals surface area contributed by atoms with Crippen molar-refractivity contribution < 1.29 is 22.0 Å². The van der Waals surface area contributed by atoms with E-state index in [9.17, 15) is 22.0 Å². The molecule has 1 nitrogen and oxygen atoms in total. The van der Waals surface area contributed by atoms with Crippen LogP contribution in [0.1, 0.15) is 31.4 Å². The van der Waals surface area contributed by atoms with Gasteiger partial charge in [0.1, 0.15) is 11.6 Å². The number of benzene rings is 1. The summed E-state index contributed by atoms with van der Waals surface area (Å²) in [5.41, 5.74) is -0.165. The van der Waals surface area contributed by atoms with Crippen LogP contribution in [0, 0.1) is 11.6 Å². The Morgan fingerprint density at radius 2 is 1.89 bits per heavy atom. The molecule has 0 aliphatic heterocycles. The molecule has 0 heterocycles. The van der Waals surface area contributed by atoms with Crippen LogP contribution >= 0.6 is 0 Å². The highest BCUT2D eigenvalue weighted by Crippen LogP contribution is 2.30. The van der Waals surface area contributed by atoms with Gasteiger partial charge in [-0.25, -0.2) is 8.78 Å². The molecule has 0 aliphatic carbocycles. The van der Waals surface area contributed by atoms with Gasteiger partial charge in [0.2, 0.25) is 0 Å². The van der Waals surface area contributed by atoms with Crippen LogP contribution in [0.5, 0.6) is 0 Å². The normalized spacial score (nSPS) is 13.7. The summed E-state index contributed by atoms with van der Waals surface area (Å²) < 4.78 is 63.4. The van der Waals surface area contributed by atoms with Gasteiger partial charge >= 0.3 is 6.18 Å². The second-order valence-electron chi connectivity index (χ2n) is 3.99. The minimum atomic E-state index is -4.41. The van der Waals surface area contributed by atoms with E-state index in [2.05, 4.69) is 5.32 Å². The van der Waals surface area contributed by atoms with Gasteiger partial charge in [0.15, 0.2) is 0 Å². The lowest BCUT2D eigenvalue weighted by Crippen LogP contribution is -2.28. The van der Waals surface area contributed by atoms with Crippen LogP contribution < -0.4 is 5.32 Å². The predicted molar refractivity (Wildman–Crippen MR) is 58.1 cm³/mol. The summed E-state index contributed by atoms with van der Waals surface area (Å²) in [5, 5.41) is 2.62. The van der Waals surface area contributed by atoms with Crippen LogP contribution in [0.2, 0.25) is 0 Å². The average molecular weight is 267 g/mol. The molecule has 0 radical (unpaired) electrons. The van der Waals surface area contributed by atoms with Crippen molar-refractivity contribution in [3.63, 3.8) is 0 Å². The van der Waals surface area contributed by atoms with Crippen LogP contribution in [-0.2, 0) is 0 Å². The Labute approximate surface area is 102 Å². The number of nitrogens with one attached hydrogen (secondary N) is 1. The monoisotopic (exact) mass is 267 g/mol. The van der Waals surface area contributed by atoms with Gasteiger partial charge in [-0.3, -0.25) is 0 Å². The first-order valence-corrected chi connectivity index (χ1v) is 5.58. The molecule has 1 N–H and O–H groups in total. The largest absolute Gasteiger partial charge is 0.390 e. The SMILES string of the molecule is CCCNC(CC(F)(F)F)c1ccc(F)cc1F. The van der Waals surface area contributed by atoms with E-state index >= 15 is 0 Å². The summed E-state index contributed by atoms with van der Waals surface area (Å²) in [6.07, 6.45) is -4.97. The summed E-state index contributed by atoms with van der Waals surface area (Å²) in [7, 11) is 0. The van der Waals surface area contributed by atoms with Gasteiger partial charge in [0.05, 0.1) is 6.42 Å². The van der Waals surface area contributed by atoms with Gasteiger partial charge in [-0.1, -0.05) is 13.0 Å². The molecule has 6 heteroatoms. The van der Waals surface area contributed by atoms with E-state index in [0.717, 1.165) is 12.1 Å². The molecule has 0 bridgehead atoms. The van der Waals surface area contributed by atoms with Crippen LogP contribution in [-0.4, -0.2) is 12.7 Å². The number of alkyl halides is 3. The molecule has 0 fully saturated rings. The highest BCUT2D eigenvalue weighted by Gasteiger charge is 2.33. The minimum Gasteiger partial charge on any atom is -0.310 e. The smallest absolute Gasteiger partial charge is 0.310 e. The molecule has 1 aromatic rings. The Morgan fingerprint density at radius 3 is 2.39 bits per heavy atom. The van der Waals surface area contributed by atoms with Gasteiger partial charge in [-0.2, -0.15) is 13.2 Å². The molecule has 0 amide bonds. The molecule has 102 valence electrons. The molecular weight excluding hydrogens is 253 g/mol. The molecule has 1 unspecified atom stereocenters. The fourth-order valence-electron chi connectivity index (χ4n) is 1.63. The molecule has 1 aromatic carbocycles. The van der Waals surface area contributed by atoms with Gasteiger partial charge in [0, 0.05) is 17.7 Å². The Bertz CT molecular complexity index is 389. The molecule has 18 heavy (non-hydrogen) atoms. The summed E-state index contributed by atoms with van der Waals surface area (Å²) >= 11 is 0. The molecule has 0 saturated heterocycles. The highest BCUT2D eigenvalue weighted by molar-refractivity contribution is 5.22. The van der Waals surface area contributed by atoms with Gasteiger partial charge in [0.25, 0.3) is 0 Å². The maximum atomic E-state index is 13.5. The van der Waals surface area contributed by atoms with E-state index in [-0.39, 0.29) is 5.56 Å². The van der Waals surface area contributed by atoms with Crippen molar-refractivity contribution in [1.82, 2.24) is 5.32 Å². The zero-order valence-electron chi connectivity index (χ0n) is 9.82. The lowest BCUT2D eigenvalue weighted by molar-refractivity contribution is -0.140. The van der Waals surface area contributed by atoms with E-state index in [4.69, 9.17) is 0 Å². The van der Waals surface area contributed by atoms with Crippen LogP contribution in [0.3, 0.4) is 0 Å². The maximum absolute atomic E-state index is 13.5. The topological polar surface area (TPSA) is 12.0 Å². The van der Waals surface area contributed by atoms with E-state index in [1.54, 1.807) is 6.92 Å². The van der Waals surface area contributed by atoms with Gasteiger partial charge in [-0.15, -0.1) is 0 Å². The Balaban J connectivity index is 2.93. The Morgan fingerprint density at radius 1 is 1.22 bits per heavy atom. The third-order valence-corrected chi connectivity index (χ3v) is 2.41. The third-order valence-electron chi connectivity index (χ3n) is 2.41. The van der Waals surface area contributed by atoms with E-state index in [1.165, 1.54) is 0 Å². The van der Waals surface area contributed by atoms with E-state index in [1.807, 2.05) is 0 Å². The Kier molecular flexibility index (Phi) is 5.07. The van der Waals surface area contributed by atoms with Crippen molar-refractivity contribution in [3.05, 3.63) is 35.4 Å². The summed E-state index contributed by atoms with van der Waals surface area (Å²) in [6.45, 7) is 2.12. The molecule has 1 rings (SSSR count). The third kappa shape index (κ3) is 4.60. The lowest BCUT2D eigenvalue weighted by atomic mass is 10.0. The molecule has 0 aromatic heterocycles. The second kappa shape index (κ2) is 6.13. The molecular formula is C12H14F5N. The molecule has 0 saturated carbocycles. The molecule has 0 aliphatic rings. The second-order valence-corrected chi connectivity index (χ2v) is 3.99. The van der Waals surface area contributed by atoms with Crippen molar-refractivity contribution in [2.45, 2.75) is 32.0 Å². The Hall–Kier alpha value is -1.17. The fourth-order valence-corrected chi connectivity index (χ4v) is 1.63. The van der Waals surface area contributed by atoms with Gasteiger partial charge < -0.3 is 5.32 Å². The first-order valence-electron chi connectivity index (χ1n) is 5.58. The first kappa shape index (κ1) is 14.9. The lowest BCUT2D eigenvalue weighted by Gasteiger charge is -2.21. The van der Waals surface area contributed by atoms with Crippen LogP contribution in [0.15, 0.2) is 18.2 Å². The molecule has 1 atom stereocenters. The number of hydrogen-bond donors (Lipinski definition) is 1. The van der Waals surface area contributed by atoms with Crippen molar-refractivity contribution in [1.29, 1.82) is 0 Å². The van der Waals surface area contributed by atoms with Crippen molar-refractivity contribution >= 4 is 0 Å². The molecule has 0 spiro atoms. The van der Waals surface area contributed by atoms with Crippen LogP contribution in [0.25, 0.3) is 0 Å². The standard InChI is InChI=1S/C12H14F5N/c1-2-5-18-11(7-12(15,16)17)9-4-3-8(13)6-10(9)14/h3-4,6,11,18H,2,5,7H2,1H3. The van der Waals surface area contributed by atoms with Crippen molar-refractivity contribution in [2.75, 3.05) is 6.54 Å². The number of halogens is 5. The summed E-state index contributed by atoms with van der Waals surface area (Å²) in [6, 6.07) is 1.40. The summed E-state index contributed by atoms with van der Waals surface area (Å²) in [5.74, 6) is -1.77. The number of rotatable bonds is 5. The quantitative estimate of drug-likeness (QED) is 0.796. The zero-order valence-corrected chi connectivity index (χ0v) is 9.82. The van der Waals surface area contributed by atoms with Crippen molar-refractivity contribution in [2.24, 2.45) is 0 Å². The predicted octanol–water partition coefficient (Wildman–Crippen LogP) is 3.96. The zero-order chi connectivity index (χ0) is 13.8. The average Bonchev–Trinajstić information content (AvgIpc) is 2.23. The minimum absolute atomic E-state index is 0.165. The summed E-state index contributed by atoms with van der Waals surface area (Å²) in [4.78, 5) is 0. The van der Waals surface area contributed by atoms with E-state index in [0.29, 0.717) is 19.0 Å². The first-order chi connectivity index (χ1) is 8.33. The highest BCUT2D eigenvalue weighted by atomic mass is 19.4. The van der Waals surface area contributed by atoms with Crippen molar-refractivity contribution in [3.8, 4) is 0 Å². The van der Waals surface area contributed by atoms with Crippen LogP contribution in [0.4, 0.5) is 22.0 Å².